The lowest BCUT2D eigenvalue weighted by Crippen LogP contribution is -2.14. The number of nitrogens with one attached hydrogen (secondary N) is 1. The van der Waals surface area contributed by atoms with Crippen LogP contribution >= 0.6 is 11.3 Å². The maximum Gasteiger partial charge on any atom is 0.387 e. The molecule has 2 aromatic carbocycles. The highest BCUT2D eigenvalue weighted by Gasteiger charge is 2.15. The molecule has 1 aromatic heterocycles. The number of ether oxygens (including phenoxy) is 2. The maximum atomic E-state index is 12.5. The largest absolute Gasteiger partial charge is 0.497 e. The highest BCUT2D eigenvalue weighted by molar-refractivity contribution is 7.13. The molecule has 5 nitrogen and oxygen atoms in total. The SMILES string of the molecule is COc1ccc(-c2nc(C(=O)Nc3cccc(OC(F)F)c3C)cs2)cc1. The van der Waals surface area contributed by atoms with Crippen molar-refractivity contribution in [2.45, 2.75) is 13.5 Å². The van der Waals surface area contributed by atoms with Crippen LogP contribution in [-0.2, 0) is 0 Å². The predicted molar refractivity (Wildman–Crippen MR) is 99.9 cm³/mol. The van der Waals surface area contributed by atoms with E-state index in [-0.39, 0.29) is 11.4 Å². The van der Waals surface area contributed by atoms with Crippen LogP contribution in [0.25, 0.3) is 10.6 Å². The second-order valence-corrected chi connectivity index (χ2v) is 6.39. The first-order valence-corrected chi connectivity index (χ1v) is 8.81. The minimum absolute atomic E-state index is 0.0139. The van der Waals surface area contributed by atoms with Crippen molar-refractivity contribution in [2.24, 2.45) is 0 Å². The number of thiazole rings is 1. The van der Waals surface area contributed by atoms with Crippen molar-refractivity contribution in [2.75, 3.05) is 12.4 Å². The maximum absolute atomic E-state index is 12.5. The van der Waals surface area contributed by atoms with Gasteiger partial charge in [0.25, 0.3) is 5.91 Å². The molecule has 0 aliphatic rings. The average Bonchev–Trinajstić information content (AvgIpc) is 3.15. The number of hydrogen-bond acceptors (Lipinski definition) is 5. The number of anilines is 1. The number of alkyl halides is 2. The van der Waals surface area contributed by atoms with Gasteiger partial charge in [-0.05, 0) is 43.3 Å². The standard InChI is InChI=1S/C19H16F2N2O3S/c1-11-14(4-3-5-16(11)26-19(20)21)22-17(24)15-10-27-18(23-15)12-6-8-13(25-2)9-7-12/h3-10,19H,1-2H3,(H,22,24). The topological polar surface area (TPSA) is 60.5 Å². The molecule has 0 unspecified atom stereocenters. The molecule has 0 radical (unpaired) electrons. The summed E-state index contributed by atoms with van der Waals surface area (Å²) in [4.78, 5) is 16.8. The summed E-state index contributed by atoms with van der Waals surface area (Å²) in [5.41, 5.74) is 1.91. The average molecular weight is 390 g/mol. The Labute approximate surface area is 158 Å². The monoisotopic (exact) mass is 390 g/mol. The van der Waals surface area contributed by atoms with Crippen LogP contribution in [0.1, 0.15) is 16.1 Å². The zero-order valence-corrected chi connectivity index (χ0v) is 15.3. The molecule has 0 fully saturated rings. The fourth-order valence-electron chi connectivity index (χ4n) is 2.40. The lowest BCUT2D eigenvalue weighted by molar-refractivity contribution is -0.0502. The Morgan fingerprint density at radius 1 is 1.19 bits per heavy atom. The van der Waals surface area contributed by atoms with Gasteiger partial charge in [0.1, 0.15) is 22.2 Å². The van der Waals surface area contributed by atoms with E-state index in [0.29, 0.717) is 16.3 Å². The molecule has 0 aliphatic carbocycles. The third-order valence-corrected chi connectivity index (χ3v) is 4.71. The Hall–Kier alpha value is -3.00. The van der Waals surface area contributed by atoms with E-state index in [1.54, 1.807) is 25.5 Å². The lowest BCUT2D eigenvalue weighted by atomic mass is 10.1. The highest BCUT2D eigenvalue weighted by Crippen LogP contribution is 2.29. The first-order chi connectivity index (χ1) is 13.0. The van der Waals surface area contributed by atoms with Gasteiger partial charge >= 0.3 is 6.61 Å². The summed E-state index contributed by atoms with van der Waals surface area (Å²) in [6, 6.07) is 11.9. The minimum Gasteiger partial charge on any atom is -0.497 e. The number of methoxy groups -OCH3 is 1. The van der Waals surface area contributed by atoms with Crippen molar-refractivity contribution in [3.8, 4) is 22.1 Å². The Balaban J connectivity index is 1.76. The Kier molecular flexibility index (Phi) is 5.66. The summed E-state index contributed by atoms with van der Waals surface area (Å²) >= 11 is 1.33. The van der Waals surface area contributed by atoms with Crippen molar-refractivity contribution < 1.29 is 23.0 Å². The summed E-state index contributed by atoms with van der Waals surface area (Å²) in [6.07, 6.45) is 0. The fourth-order valence-corrected chi connectivity index (χ4v) is 3.21. The van der Waals surface area contributed by atoms with E-state index in [2.05, 4.69) is 15.0 Å². The molecule has 0 spiro atoms. The van der Waals surface area contributed by atoms with Gasteiger partial charge in [-0.1, -0.05) is 6.07 Å². The first-order valence-electron chi connectivity index (χ1n) is 7.93. The minimum atomic E-state index is -2.93. The van der Waals surface area contributed by atoms with Crippen LogP contribution in [0.5, 0.6) is 11.5 Å². The van der Waals surface area contributed by atoms with Crippen LogP contribution in [-0.4, -0.2) is 24.6 Å². The van der Waals surface area contributed by atoms with Crippen LogP contribution in [0.2, 0.25) is 0 Å². The van der Waals surface area contributed by atoms with Gasteiger partial charge in [-0.15, -0.1) is 11.3 Å². The van der Waals surface area contributed by atoms with Crippen LogP contribution < -0.4 is 14.8 Å². The molecular weight excluding hydrogens is 374 g/mol. The van der Waals surface area contributed by atoms with Gasteiger partial charge in [-0.25, -0.2) is 4.98 Å². The van der Waals surface area contributed by atoms with Crippen LogP contribution in [0.15, 0.2) is 47.8 Å². The van der Waals surface area contributed by atoms with Crippen LogP contribution in [0, 0.1) is 6.92 Å². The second-order valence-electron chi connectivity index (χ2n) is 5.53. The molecule has 3 aromatic rings. The van der Waals surface area contributed by atoms with Gasteiger partial charge in [0.05, 0.1) is 7.11 Å². The van der Waals surface area contributed by atoms with Crippen molar-refractivity contribution in [1.29, 1.82) is 0 Å². The molecule has 1 heterocycles. The molecule has 0 atom stereocenters. The summed E-state index contributed by atoms with van der Waals surface area (Å²) < 4.78 is 34.5. The zero-order chi connectivity index (χ0) is 19.4. The Morgan fingerprint density at radius 2 is 1.93 bits per heavy atom. The number of benzene rings is 2. The van der Waals surface area contributed by atoms with Crippen LogP contribution in [0.3, 0.4) is 0 Å². The number of carbonyl (C=O) groups is 1. The Morgan fingerprint density at radius 3 is 2.59 bits per heavy atom. The summed E-state index contributed by atoms with van der Waals surface area (Å²) in [7, 11) is 1.59. The van der Waals surface area contributed by atoms with Gasteiger partial charge in [0, 0.05) is 22.2 Å². The first kappa shape index (κ1) is 18.8. The summed E-state index contributed by atoms with van der Waals surface area (Å²) in [6.45, 7) is -1.34. The quantitative estimate of drug-likeness (QED) is 0.645. The molecule has 0 aliphatic heterocycles. The second kappa shape index (κ2) is 8.13. The van der Waals surface area contributed by atoms with E-state index in [1.165, 1.54) is 23.5 Å². The van der Waals surface area contributed by atoms with Crippen LogP contribution in [0.4, 0.5) is 14.5 Å². The Bertz CT molecular complexity index is 942. The van der Waals surface area contributed by atoms with Crippen molar-refractivity contribution in [1.82, 2.24) is 4.98 Å². The molecule has 0 bridgehead atoms. The van der Waals surface area contributed by atoms with E-state index in [4.69, 9.17) is 4.74 Å². The van der Waals surface area contributed by atoms with E-state index in [9.17, 15) is 13.6 Å². The zero-order valence-electron chi connectivity index (χ0n) is 14.5. The fraction of sp³-hybridized carbons (Fsp3) is 0.158. The van der Waals surface area contributed by atoms with Crippen molar-refractivity contribution >= 4 is 22.9 Å². The van der Waals surface area contributed by atoms with Gasteiger partial charge in [-0.2, -0.15) is 8.78 Å². The number of nitrogens with zero attached hydrogens (tertiary/aromatic N) is 1. The summed E-state index contributed by atoms with van der Waals surface area (Å²) in [5, 5.41) is 5.02. The third kappa shape index (κ3) is 4.40. The van der Waals surface area contributed by atoms with E-state index in [1.807, 2.05) is 24.3 Å². The van der Waals surface area contributed by atoms with E-state index >= 15 is 0 Å². The molecule has 3 rings (SSSR count). The third-order valence-electron chi connectivity index (χ3n) is 3.82. The van der Waals surface area contributed by atoms with Gasteiger partial charge in [0.15, 0.2) is 0 Å². The molecule has 1 N–H and O–H groups in total. The summed E-state index contributed by atoms with van der Waals surface area (Å²) in [5.74, 6) is 0.318. The molecule has 8 heteroatoms. The molecular formula is C19H16F2N2O3S. The van der Waals surface area contributed by atoms with Crippen molar-refractivity contribution in [3.05, 3.63) is 59.1 Å². The van der Waals surface area contributed by atoms with Gasteiger partial charge in [-0.3, -0.25) is 4.79 Å². The van der Waals surface area contributed by atoms with E-state index < -0.39 is 12.5 Å². The van der Waals surface area contributed by atoms with Gasteiger partial charge < -0.3 is 14.8 Å². The molecule has 0 saturated heterocycles. The molecule has 140 valence electrons. The molecule has 0 saturated carbocycles. The number of hydrogen-bond donors (Lipinski definition) is 1. The molecule has 27 heavy (non-hydrogen) atoms. The normalized spacial score (nSPS) is 10.7. The number of carbonyl (C=O) groups excluding carboxylic acids is 1. The number of halogens is 2. The number of aromatic nitrogens is 1. The lowest BCUT2D eigenvalue weighted by Gasteiger charge is -2.12. The molecule has 1 amide bonds. The van der Waals surface area contributed by atoms with Gasteiger partial charge in [0.2, 0.25) is 0 Å². The highest BCUT2D eigenvalue weighted by atomic mass is 32.1. The number of rotatable bonds is 6. The van der Waals surface area contributed by atoms with Crippen molar-refractivity contribution in [3.63, 3.8) is 0 Å². The number of amides is 1. The smallest absolute Gasteiger partial charge is 0.387 e. The predicted octanol–water partition coefficient (Wildman–Crippen LogP) is 4.98. The van der Waals surface area contributed by atoms with E-state index in [0.717, 1.165) is 11.3 Å².